The Morgan fingerprint density at radius 3 is 2.75 bits per heavy atom. The lowest BCUT2D eigenvalue weighted by Crippen LogP contribution is -2.48. The largest absolute Gasteiger partial charge is 0.369 e. The first kappa shape index (κ1) is 19.0. The van der Waals surface area contributed by atoms with E-state index in [1.165, 1.54) is 21.8 Å². The van der Waals surface area contributed by atoms with E-state index in [1.807, 2.05) is 18.2 Å². The smallest absolute Gasteiger partial charge is 0.261 e. The summed E-state index contributed by atoms with van der Waals surface area (Å²) in [6, 6.07) is 5.80. The Balaban J connectivity index is 1.46. The average Bonchev–Trinajstić information content (AvgIpc) is 3.15. The van der Waals surface area contributed by atoms with Gasteiger partial charge in [-0.3, -0.25) is 19.5 Å². The van der Waals surface area contributed by atoms with Crippen LogP contribution < -0.4 is 11.1 Å². The van der Waals surface area contributed by atoms with Gasteiger partial charge in [-0.25, -0.2) is 0 Å². The molecule has 2 aliphatic heterocycles. The van der Waals surface area contributed by atoms with Crippen molar-refractivity contribution in [3.63, 3.8) is 0 Å². The third kappa shape index (κ3) is 3.94. The standard InChI is InChI=1S/C20H24N4O3S/c21-17(25)13-24-8-4-20(5-9-24)18-15(3-10-27-20)11-16(28-18)19(26)23-12-14-1-6-22-7-2-14/h1-2,6-7,11H,3-5,8-10,12-13H2,(H2,21,25)(H,23,26). The first-order valence-electron chi connectivity index (χ1n) is 9.51. The maximum Gasteiger partial charge on any atom is 0.261 e. The zero-order valence-electron chi connectivity index (χ0n) is 15.6. The Bertz CT molecular complexity index is 860. The van der Waals surface area contributed by atoms with E-state index in [1.54, 1.807) is 12.4 Å². The Kier molecular flexibility index (Phi) is 5.43. The molecule has 28 heavy (non-hydrogen) atoms. The van der Waals surface area contributed by atoms with E-state index in [0.29, 0.717) is 13.2 Å². The molecule has 0 unspecified atom stereocenters. The lowest BCUT2D eigenvalue weighted by Gasteiger charge is -2.43. The second-order valence-electron chi connectivity index (χ2n) is 7.34. The van der Waals surface area contributed by atoms with E-state index in [4.69, 9.17) is 10.5 Å². The van der Waals surface area contributed by atoms with Crippen molar-refractivity contribution in [2.75, 3.05) is 26.2 Å². The summed E-state index contributed by atoms with van der Waals surface area (Å²) in [6.45, 7) is 2.97. The van der Waals surface area contributed by atoms with Crippen LogP contribution in [0, 0.1) is 0 Å². The molecule has 1 fully saturated rings. The predicted octanol–water partition coefficient (Wildman–Crippen LogP) is 1.42. The third-order valence-electron chi connectivity index (χ3n) is 5.44. The quantitative estimate of drug-likeness (QED) is 0.791. The van der Waals surface area contributed by atoms with Gasteiger partial charge in [0, 0.05) is 36.9 Å². The number of nitrogens with zero attached hydrogens (tertiary/aromatic N) is 2. The maximum absolute atomic E-state index is 12.7. The number of piperidine rings is 1. The van der Waals surface area contributed by atoms with E-state index >= 15 is 0 Å². The van der Waals surface area contributed by atoms with Crippen LogP contribution in [0.15, 0.2) is 30.6 Å². The number of likely N-dealkylation sites (tertiary alicyclic amines) is 1. The van der Waals surface area contributed by atoms with Gasteiger partial charge in [0.2, 0.25) is 5.91 Å². The summed E-state index contributed by atoms with van der Waals surface area (Å²) < 4.78 is 6.24. The van der Waals surface area contributed by atoms with Crippen molar-refractivity contribution in [2.24, 2.45) is 5.73 Å². The number of aromatic nitrogens is 1. The van der Waals surface area contributed by atoms with Gasteiger partial charge in [0.1, 0.15) is 5.60 Å². The normalized spacial score (nSPS) is 18.6. The second kappa shape index (κ2) is 7.98. The number of hydrogen-bond donors (Lipinski definition) is 2. The molecule has 4 heterocycles. The molecule has 4 rings (SSSR count). The number of primary amides is 1. The van der Waals surface area contributed by atoms with Crippen LogP contribution in [0.4, 0.5) is 0 Å². The first-order valence-corrected chi connectivity index (χ1v) is 10.3. The molecule has 2 aromatic heterocycles. The van der Waals surface area contributed by atoms with Gasteiger partial charge in [-0.05, 0) is 48.6 Å². The lowest BCUT2D eigenvalue weighted by atomic mass is 9.85. The molecule has 8 heteroatoms. The minimum absolute atomic E-state index is 0.0578. The van der Waals surface area contributed by atoms with Gasteiger partial charge in [0.15, 0.2) is 0 Å². The number of rotatable bonds is 5. The second-order valence-corrected chi connectivity index (χ2v) is 8.39. The van der Waals surface area contributed by atoms with Gasteiger partial charge in [-0.1, -0.05) is 0 Å². The number of fused-ring (bicyclic) bond motifs is 2. The fourth-order valence-electron chi connectivity index (χ4n) is 3.97. The molecule has 0 radical (unpaired) electrons. The summed E-state index contributed by atoms with van der Waals surface area (Å²) in [5.74, 6) is -0.358. The molecular weight excluding hydrogens is 376 g/mol. The third-order valence-corrected chi connectivity index (χ3v) is 6.80. The molecule has 1 saturated heterocycles. The number of carbonyl (C=O) groups is 2. The molecule has 0 aromatic carbocycles. The highest BCUT2D eigenvalue weighted by atomic mass is 32.1. The molecule has 0 aliphatic carbocycles. The minimum Gasteiger partial charge on any atom is -0.369 e. The van der Waals surface area contributed by atoms with Crippen molar-refractivity contribution in [1.82, 2.24) is 15.2 Å². The van der Waals surface area contributed by atoms with E-state index in [-0.39, 0.29) is 24.0 Å². The number of nitrogens with one attached hydrogen (secondary N) is 1. The van der Waals surface area contributed by atoms with Crippen molar-refractivity contribution in [2.45, 2.75) is 31.4 Å². The zero-order chi connectivity index (χ0) is 19.6. The number of nitrogens with two attached hydrogens (primary N) is 1. The maximum atomic E-state index is 12.7. The summed E-state index contributed by atoms with van der Waals surface area (Å²) in [6.07, 6.45) is 5.89. The lowest BCUT2D eigenvalue weighted by molar-refractivity contribution is -0.123. The van der Waals surface area contributed by atoms with Gasteiger partial charge in [-0.15, -0.1) is 11.3 Å². The number of pyridine rings is 1. The molecule has 0 saturated carbocycles. The van der Waals surface area contributed by atoms with Crippen molar-refractivity contribution >= 4 is 23.2 Å². The van der Waals surface area contributed by atoms with Crippen LogP contribution in [0.2, 0.25) is 0 Å². The summed E-state index contributed by atoms with van der Waals surface area (Å²) in [7, 11) is 0. The Morgan fingerprint density at radius 1 is 1.29 bits per heavy atom. The van der Waals surface area contributed by atoms with Crippen LogP contribution in [-0.2, 0) is 28.1 Å². The van der Waals surface area contributed by atoms with E-state index in [9.17, 15) is 9.59 Å². The molecule has 148 valence electrons. The van der Waals surface area contributed by atoms with Gasteiger partial charge in [-0.2, -0.15) is 0 Å². The highest BCUT2D eigenvalue weighted by Crippen LogP contribution is 2.45. The fourth-order valence-corrected chi connectivity index (χ4v) is 5.30. The van der Waals surface area contributed by atoms with Crippen LogP contribution in [0.1, 0.15) is 38.5 Å². The van der Waals surface area contributed by atoms with Crippen molar-refractivity contribution in [3.05, 3.63) is 51.5 Å². The SMILES string of the molecule is NC(=O)CN1CCC2(CC1)OCCc1cc(C(=O)NCc3ccncc3)sc12. The number of thiophene rings is 1. The monoisotopic (exact) mass is 400 g/mol. The van der Waals surface area contributed by atoms with Crippen molar-refractivity contribution in [3.8, 4) is 0 Å². The summed E-state index contributed by atoms with van der Waals surface area (Å²) in [4.78, 5) is 31.8. The van der Waals surface area contributed by atoms with E-state index in [0.717, 1.165) is 42.8 Å². The highest BCUT2D eigenvalue weighted by Gasteiger charge is 2.42. The summed E-state index contributed by atoms with van der Waals surface area (Å²) >= 11 is 1.54. The first-order chi connectivity index (χ1) is 13.6. The van der Waals surface area contributed by atoms with Gasteiger partial charge < -0.3 is 15.8 Å². The molecule has 7 nitrogen and oxygen atoms in total. The number of hydrogen-bond acceptors (Lipinski definition) is 6. The number of carbonyl (C=O) groups excluding carboxylic acids is 2. The zero-order valence-corrected chi connectivity index (χ0v) is 16.5. The Labute approximate surface area is 167 Å². The summed E-state index contributed by atoms with van der Waals surface area (Å²) in [5, 5.41) is 2.99. The molecule has 2 amide bonds. The van der Waals surface area contributed by atoms with Crippen LogP contribution >= 0.6 is 11.3 Å². The van der Waals surface area contributed by atoms with Crippen molar-refractivity contribution in [1.29, 1.82) is 0 Å². The molecular formula is C20H24N4O3S. The number of amides is 2. The van der Waals surface area contributed by atoms with Gasteiger partial charge in [0.25, 0.3) is 5.91 Å². The van der Waals surface area contributed by atoms with Crippen LogP contribution in [0.5, 0.6) is 0 Å². The van der Waals surface area contributed by atoms with E-state index in [2.05, 4.69) is 15.2 Å². The van der Waals surface area contributed by atoms with Gasteiger partial charge >= 0.3 is 0 Å². The molecule has 2 aliphatic rings. The van der Waals surface area contributed by atoms with Gasteiger partial charge in [0.05, 0.1) is 18.0 Å². The average molecular weight is 401 g/mol. The highest BCUT2D eigenvalue weighted by molar-refractivity contribution is 7.14. The molecule has 1 spiro atoms. The Morgan fingerprint density at radius 2 is 2.04 bits per heavy atom. The Hall–Kier alpha value is -2.29. The fraction of sp³-hybridized carbons (Fsp3) is 0.450. The topological polar surface area (TPSA) is 97.5 Å². The minimum atomic E-state index is -0.337. The van der Waals surface area contributed by atoms with Crippen LogP contribution in [0.3, 0.4) is 0 Å². The number of ether oxygens (including phenoxy) is 1. The predicted molar refractivity (Wildman–Crippen MR) is 106 cm³/mol. The molecule has 2 aromatic rings. The molecule has 3 N–H and O–H groups in total. The van der Waals surface area contributed by atoms with Crippen molar-refractivity contribution < 1.29 is 14.3 Å². The summed E-state index contributed by atoms with van der Waals surface area (Å²) in [5.41, 5.74) is 7.22. The molecule has 0 atom stereocenters. The van der Waals surface area contributed by atoms with Crippen LogP contribution in [-0.4, -0.2) is 47.9 Å². The van der Waals surface area contributed by atoms with E-state index < -0.39 is 0 Å². The van der Waals surface area contributed by atoms with Crippen LogP contribution in [0.25, 0.3) is 0 Å². The molecule has 0 bridgehead atoms.